The molecule has 0 bridgehead atoms. The average molecular weight is 339 g/mol. The van der Waals surface area contributed by atoms with E-state index in [0.29, 0.717) is 23.1 Å². The molecule has 1 aliphatic carbocycles. The van der Waals surface area contributed by atoms with E-state index in [2.05, 4.69) is 20.6 Å². The zero-order chi connectivity index (χ0) is 16.5. The Hall–Kier alpha value is -2.66. The van der Waals surface area contributed by atoms with Gasteiger partial charge in [-0.15, -0.1) is 0 Å². The van der Waals surface area contributed by atoms with Crippen molar-refractivity contribution in [3.63, 3.8) is 0 Å². The highest BCUT2D eigenvalue weighted by Gasteiger charge is 2.24. The van der Waals surface area contributed by atoms with Crippen molar-refractivity contribution in [3.05, 3.63) is 59.5 Å². The summed E-state index contributed by atoms with van der Waals surface area (Å²) >= 11 is 6.03. The van der Waals surface area contributed by atoms with Gasteiger partial charge in [0.1, 0.15) is 5.15 Å². The van der Waals surface area contributed by atoms with Gasteiger partial charge in [0.15, 0.2) is 5.82 Å². The fourth-order valence-corrected chi connectivity index (χ4v) is 2.76. The molecule has 1 saturated carbocycles. The van der Waals surface area contributed by atoms with Crippen LogP contribution in [0.2, 0.25) is 5.15 Å². The summed E-state index contributed by atoms with van der Waals surface area (Å²) in [5, 5.41) is 8.41. The minimum atomic E-state index is -0.301. The zero-order valence-electron chi connectivity index (χ0n) is 12.8. The normalized spacial score (nSPS) is 13.7. The van der Waals surface area contributed by atoms with Crippen molar-refractivity contribution < 1.29 is 4.79 Å². The summed E-state index contributed by atoms with van der Waals surface area (Å²) in [6.45, 7) is 0. The molecule has 0 atom stereocenters. The molecule has 1 aliphatic rings. The van der Waals surface area contributed by atoms with Crippen LogP contribution in [0.1, 0.15) is 23.2 Å². The van der Waals surface area contributed by atoms with Gasteiger partial charge in [0.2, 0.25) is 0 Å². The Bertz CT molecular complexity index is 924. The monoisotopic (exact) mass is 338 g/mol. The predicted octanol–water partition coefficient (Wildman–Crippen LogP) is 4.11. The average Bonchev–Trinajstić information content (AvgIpc) is 3.41. The molecule has 0 saturated heterocycles. The topological polar surface area (TPSA) is 66.9 Å². The second-order valence-corrected chi connectivity index (χ2v) is 6.14. The first-order valence-electron chi connectivity index (χ1n) is 7.78. The number of pyridine rings is 2. The molecule has 6 heteroatoms. The van der Waals surface area contributed by atoms with Gasteiger partial charge in [-0.25, -0.2) is 9.97 Å². The van der Waals surface area contributed by atoms with Crippen molar-refractivity contribution in [2.75, 3.05) is 10.6 Å². The predicted molar refractivity (Wildman–Crippen MR) is 95.6 cm³/mol. The second kappa shape index (κ2) is 6.09. The molecular weight excluding hydrogens is 324 g/mol. The van der Waals surface area contributed by atoms with Gasteiger partial charge in [0.05, 0.1) is 11.3 Å². The lowest BCUT2D eigenvalue weighted by molar-refractivity contribution is 0.102. The Morgan fingerprint density at radius 2 is 1.96 bits per heavy atom. The standard InChI is InChI=1S/C18H15ClN4O/c19-16-14(6-3-9-20-16)18(24)23-15-13-5-2-1-4-11(13)10-21-17(15)22-12-7-8-12/h1-6,9-10,12H,7-8H2,(H,21,22)(H,23,24). The number of anilines is 2. The van der Waals surface area contributed by atoms with Crippen molar-refractivity contribution in [1.29, 1.82) is 0 Å². The van der Waals surface area contributed by atoms with Crippen molar-refractivity contribution in [2.45, 2.75) is 18.9 Å². The number of aromatic nitrogens is 2. The van der Waals surface area contributed by atoms with Crippen LogP contribution < -0.4 is 10.6 Å². The van der Waals surface area contributed by atoms with Crippen molar-refractivity contribution in [3.8, 4) is 0 Å². The molecule has 2 heterocycles. The Balaban J connectivity index is 1.76. The lowest BCUT2D eigenvalue weighted by Gasteiger charge is -2.15. The zero-order valence-corrected chi connectivity index (χ0v) is 13.5. The van der Waals surface area contributed by atoms with Crippen LogP contribution >= 0.6 is 11.6 Å². The first kappa shape index (κ1) is 14.9. The van der Waals surface area contributed by atoms with Gasteiger partial charge in [-0.3, -0.25) is 4.79 Å². The molecule has 0 unspecified atom stereocenters. The minimum Gasteiger partial charge on any atom is -0.366 e. The Morgan fingerprint density at radius 3 is 2.75 bits per heavy atom. The highest BCUT2D eigenvalue weighted by Crippen LogP contribution is 2.33. The van der Waals surface area contributed by atoms with Gasteiger partial charge >= 0.3 is 0 Å². The fourth-order valence-electron chi connectivity index (χ4n) is 2.56. The number of carbonyl (C=O) groups excluding carboxylic acids is 1. The number of rotatable bonds is 4. The first-order chi connectivity index (χ1) is 11.7. The van der Waals surface area contributed by atoms with Crippen LogP contribution in [0.4, 0.5) is 11.5 Å². The number of nitrogens with zero attached hydrogens (tertiary/aromatic N) is 2. The smallest absolute Gasteiger partial charge is 0.258 e. The maximum Gasteiger partial charge on any atom is 0.258 e. The molecule has 0 spiro atoms. The summed E-state index contributed by atoms with van der Waals surface area (Å²) in [7, 11) is 0. The van der Waals surface area contributed by atoms with E-state index in [9.17, 15) is 4.79 Å². The molecule has 0 aliphatic heterocycles. The summed E-state index contributed by atoms with van der Waals surface area (Å²) in [4.78, 5) is 21.1. The van der Waals surface area contributed by atoms with Crippen LogP contribution in [-0.2, 0) is 0 Å². The van der Waals surface area contributed by atoms with Gasteiger partial charge < -0.3 is 10.6 Å². The molecule has 2 aromatic heterocycles. The molecule has 24 heavy (non-hydrogen) atoms. The molecule has 1 amide bonds. The Kier molecular flexibility index (Phi) is 3.78. The van der Waals surface area contributed by atoms with Gasteiger partial charge in [-0.05, 0) is 25.0 Å². The molecule has 2 N–H and O–H groups in total. The number of hydrogen-bond donors (Lipinski definition) is 2. The Morgan fingerprint density at radius 1 is 1.12 bits per heavy atom. The van der Waals surface area contributed by atoms with E-state index >= 15 is 0 Å². The Labute approximate surface area is 144 Å². The molecule has 1 fully saturated rings. The van der Waals surface area contributed by atoms with Crippen LogP contribution in [0.15, 0.2) is 48.8 Å². The second-order valence-electron chi connectivity index (χ2n) is 5.78. The number of carbonyl (C=O) groups is 1. The maximum absolute atomic E-state index is 12.6. The summed E-state index contributed by atoms with van der Waals surface area (Å²) in [6, 6.07) is 11.6. The molecule has 120 valence electrons. The minimum absolute atomic E-state index is 0.180. The van der Waals surface area contributed by atoms with Crippen LogP contribution in [0.25, 0.3) is 10.8 Å². The van der Waals surface area contributed by atoms with E-state index in [-0.39, 0.29) is 11.1 Å². The lowest BCUT2D eigenvalue weighted by Crippen LogP contribution is -2.16. The number of nitrogens with one attached hydrogen (secondary N) is 2. The van der Waals surface area contributed by atoms with Crippen molar-refractivity contribution >= 4 is 39.8 Å². The summed E-state index contributed by atoms with van der Waals surface area (Å²) in [5.41, 5.74) is 1.01. The van der Waals surface area contributed by atoms with E-state index in [4.69, 9.17) is 11.6 Å². The lowest BCUT2D eigenvalue weighted by atomic mass is 10.1. The largest absolute Gasteiger partial charge is 0.366 e. The molecule has 4 rings (SSSR count). The van der Waals surface area contributed by atoms with Gasteiger partial charge in [-0.1, -0.05) is 35.9 Å². The third-order valence-corrected chi connectivity index (χ3v) is 4.26. The summed E-state index contributed by atoms with van der Waals surface area (Å²) in [5.74, 6) is 0.384. The maximum atomic E-state index is 12.6. The molecule has 0 radical (unpaired) electrons. The highest BCUT2D eigenvalue weighted by molar-refractivity contribution is 6.33. The van der Waals surface area contributed by atoms with Crippen LogP contribution in [0.3, 0.4) is 0 Å². The van der Waals surface area contributed by atoms with Crippen molar-refractivity contribution in [1.82, 2.24) is 9.97 Å². The van der Waals surface area contributed by atoms with Gasteiger partial charge in [0.25, 0.3) is 5.91 Å². The van der Waals surface area contributed by atoms with E-state index in [1.54, 1.807) is 18.3 Å². The van der Waals surface area contributed by atoms with Crippen LogP contribution in [0, 0.1) is 0 Å². The quantitative estimate of drug-likeness (QED) is 0.702. The number of fused-ring (bicyclic) bond motifs is 1. The first-order valence-corrected chi connectivity index (χ1v) is 8.16. The van der Waals surface area contributed by atoms with Crippen molar-refractivity contribution in [2.24, 2.45) is 0 Å². The van der Waals surface area contributed by atoms with E-state index in [0.717, 1.165) is 23.6 Å². The highest BCUT2D eigenvalue weighted by atomic mass is 35.5. The molecular formula is C18H15ClN4O. The van der Waals surface area contributed by atoms with Crippen LogP contribution in [0.5, 0.6) is 0 Å². The summed E-state index contributed by atoms with van der Waals surface area (Å²) < 4.78 is 0. The molecule has 5 nitrogen and oxygen atoms in total. The van der Waals surface area contributed by atoms with Crippen LogP contribution in [-0.4, -0.2) is 21.9 Å². The molecule has 1 aromatic carbocycles. The van der Waals surface area contributed by atoms with E-state index in [1.807, 2.05) is 30.5 Å². The number of halogens is 1. The van der Waals surface area contributed by atoms with Gasteiger partial charge in [0, 0.05) is 29.2 Å². The number of amides is 1. The van der Waals surface area contributed by atoms with E-state index in [1.165, 1.54) is 0 Å². The summed E-state index contributed by atoms with van der Waals surface area (Å²) in [6.07, 6.45) is 5.61. The fraction of sp³-hybridized carbons (Fsp3) is 0.167. The number of benzene rings is 1. The SMILES string of the molecule is O=C(Nc1c(NC2CC2)ncc2ccccc12)c1cccnc1Cl. The third kappa shape index (κ3) is 2.90. The van der Waals surface area contributed by atoms with E-state index < -0.39 is 0 Å². The van der Waals surface area contributed by atoms with Gasteiger partial charge in [-0.2, -0.15) is 0 Å². The molecule has 3 aromatic rings. The number of hydrogen-bond acceptors (Lipinski definition) is 4. The third-order valence-electron chi connectivity index (χ3n) is 3.96.